The smallest absolute Gasteiger partial charge is 0.249 e. The second-order valence-electron chi connectivity index (χ2n) is 6.56. The van der Waals surface area contributed by atoms with Crippen molar-refractivity contribution in [1.82, 2.24) is 20.3 Å². The first-order valence-corrected chi connectivity index (χ1v) is 8.90. The molecule has 1 amide bonds. The van der Waals surface area contributed by atoms with Crippen LogP contribution in [-0.2, 0) is 11.3 Å². The van der Waals surface area contributed by atoms with Crippen molar-refractivity contribution in [3.05, 3.63) is 41.3 Å². The van der Waals surface area contributed by atoms with Crippen LogP contribution >= 0.6 is 11.6 Å². The topological polar surface area (TPSA) is 100 Å². The van der Waals surface area contributed by atoms with Gasteiger partial charge in [-0.1, -0.05) is 25.4 Å². The number of benzene rings is 1. The molecule has 0 unspecified atom stereocenters. The second kappa shape index (κ2) is 7.94. The van der Waals surface area contributed by atoms with Gasteiger partial charge in [0.2, 0.25) is 11.8 Å². The number of hydrogen-bond acceptors (Lipinski definition) is 5. The predicted octanol–water partition coefficient (Wildman–Crippen LogP) is 2.92. The van der Waals surface area contributed by atoms with E-state index >= 15 is 0 Å². The number of nitrogens with one attached hydrogen (secondary N) is 2. The van der Waals surface area contributed by atoms with Crippen molar-refractivity contribution in [2.45, 2.75) is 26.5 Å². The number of aromatic nitrogens is 3. The highest BCUT2D eigenvalue weighted by molar-refractivity contribution is 6.34. The number of methoxy groups -OCH3 is 1. The Morgan fingerprint density at radius 2 is 2.07 bits per heavy atom. The first kappa shape index (κ1) is 19.1. The number of fused-ring (bicyclic) bond motifs is 1. The first-order valence-electron chi connectivity index (χ1n) is 8.52. The van der Waals surface area contributed by atoms with Crippen LogP contribution in [0, 0.1) is 5.92 Å². The Bertz CT molecular complexity index is 953. The van der Waals surface area contributed by atoms with Crippen molar-refractivity contribution < 1.29 is 14.6 Å². The summed E-state index contributed by atoms with van der Waals surface area (Å²) >= 11 is 6.41. The summed E-state index contributed by atoms with van der Waals surface area (Å²) in [6.07, 6.45) is 2.11. The molecule has 0 fully saturated rings. The number of hydrogen-bond donors (Lipinski definition) is 3. The number of rotatable bonds is 6. The minimum atomic E-state index is -1.02. The molecule has 1 aromatic carbocycles. The van der Waals surface area contributed by atoms with Gasteiger partial charge >= 0.3 is 0 Å². The number of carbonyl (C=O) groups excluding carboxylic acids is 1. The molecule has 0 bridgehead atoms. The van der Waals surface area contributed by atoms with Crippen molar-refractivity contribution in [1.29, 1.82) is 0 Å². The molecule has 0 radical (unpaired) electrons. The van der Waals surface area contributed by atoms with Crippen molar-refractivity contribution in [3.63, 3.8) is 0 Å². The van der Waals surface area contributed by atoms with E-state index in [2.05, 4.69) is 20.3 Å². The number of ether oxygens (including phenoxy) is 1. The fourth-order valence-corrected chi connectivity index (χ4v) is 2.92. The average Bonchev–Trinajstić information content (AvgIpc) is 3.06. The Kier molecular flexibility index (Phi) is 5.62. The van der Waals surface area contributed by atoms with E-state index in [4.69, 9.17) is 16.3 Å². The number of aromatic amines is 1. The van der Waals surface area contributed by atoms with Gasteiger partial charge < -0.3 is 20.1 Å². The number of nitrogens with zero attached hydrogens (tertiary/aromatic N) is 2. The zero-order chi connectivity index (χ0) is 19.6. The molecule has 2 heterocycles. The minimum absolute atomic E-state index is 0.139. The summed E-state index contributed by atoms with van der Waals surface area (Å²) in [5, 5.41) is 14.0. The molecule has 3 aromatic rings. The van der Waals surface area contributed by atoms with Crippen LogP contribution in [-0.4, -0.2) is 39.2 Å². The minimum Gasteiger partial charge on any atom is -0.480 e. The lowest BCUT2D eigenvalue weighted by atomic mass is 10.1. The molecule has 0 saturated heterocycles. The van der Waals surface area contributed by atoms with Crippen molar-refractivity contribution >= 4 is 28.4 Å². The van der Waals surface area contributed by atoms with E-state index in [1.165, 1.54) is 13.3 Å². The summed E-state index contributed by atoms with van der Waals surface area (Å²) in [6.45, 7) is 3.87. The number of amides is 1. The number of H-pyrrole nitrogens is 1. The molecule has 7 nitrogen and oxygen atoms in total. The predicted molar refractivity (Wildman–Crippen MR) is 104 cm³/mol. The lowest BCUT2D eigenvalue weighted by molar-refractivity contribution is -0.131. The maximum atomic E-state index is 11.9. The second-order valence-corrected chi connectivity index (χ2v) is 6.97. The summed E-state index contributed by atoms with van der Waals surface area (Å²) in [6, 6.07) is 5.64. The molecular formula is C19H21ClN4O3. The van der Waals surface area contributed by atoms with Crippen LogP contribution in [0.3, 0.4) is 0 Å². The molecule has 0 saturated carbocycles. The molecule has 0 aliphatic heterocycles. The van der Waals surface area contributed by atoms with Gasteiger partial charge in [0.25, 0.3) is 0 Å². The van der Waals surface area contributed by atoms with Crippen molar-refractivity contribution in [2.75, 3.05) is 7.11 Å². The quantitative estimate of drug-likeness (QED) is 0.602. The number of carbonyl (C=O) groups is 1. The molecule has 3 N–H and O–H groups in total. The Labute approximate surface area is 161 Å². The molecule has 1 atom stereocenters. The van der Waals surface area contributed by atoms with E-state index in [1.807, 2.05) is 18.2 Å². The number of aliphatic hydroxyl groups is 1. The Hall–Kier alpha value is -2.64. The summed E-state index contributed by atoms with van der Waals surface area (Å²) in [7, 11) is 1.53. The number of aliphatic hydroxyl groups excluding tert-OH is 1. The third kappa shape index (κ3) is 4.20. The zero-order valence-electron chi connectivity index (χ0n) is 15.3. The van der Waals surface area contributed by atoms with E-state index < -0.39 is 12.0 Å². The third-order valence-corrected chi connectivity index (χ3v) is 4.54. The van der Waals surface area contributed by atoms with Gasteiger partial charge in [-0.25, -0.2) is 9.97 Å². The highest BCUT2D eigenvalue weighted by Gasteiger charge is 2.18. The van der Waals surface area contributed by atoms with E-state index in [9.17, 15) is 9.90 Å². The van der Waals surface area contributed by atoms with Crippen molar-refractivity contribution in [2.24, 2.45) is 5.92 Å². The monoisotopic (exact) mass is 388 g/mol. The van der Waals surface area contributed by atoms with Gasteiger partial charge in [0.1, 0.15) is 6.10 Å². The largest absolute Gasteiger partial charge is 0.480 e. The van der Waals surface area contributed by atoms with Crippen LogP contribution in [0.25, 0.3) is 22.2 Å². The van der Waals surface area contributed by atoms with E-state index in [0.29, 0.717) is 16.6 Å². The lowest BCUT2D eigenvalue weighted by Gasteiger charge is -2.13. The van der Waals surface area contributed by atoms with Crippen LogP contribution in [0.1, 0.15) is 19.5 Å². The third-order valence-electron chi connectivity index (χ3n) is 4.23. The van der Waals surface area contributed by atoms with Gasteiger partial charge in [-0.15, -0.1) is 0 Å². The summed E-state index contributed by atoms with van der Waals surface area (Å²) < 4.78 is 5.02. The molecule has 3 rings (SSSR count). The Morgan fingerprint density at radius 1 is 1.30 bits per heavy atom. The summed E-state index contributed by atoms with van der Waals surface area (Å²) in [4.78, 5) is 23.6. The van der Waals surface area contributed by atoms with Crippen LogP contribution < -0.4 is 10.1 Å². The SMILES string of the molecule is COc1cnc(-c2cc3[nH]c(CNC(=O)[C@@H](O)C(C)C)cc3cc2Cl)cn1. The van der Waals surface area contributed by atoms with E-state index in [1.54, 1.807) is 20.0 Å². The van der Waals surface area contributed by atoms with Gasteiger partial charge in [0.05, 0.1) is 36.8 Å². The standard InChI is InChI=1S/C19H21ClN4O3/c1-10(2)18(25)19(26)23-7-12-4-11-5-14(20)13(6-15(11)24-12)16-8-22-17(27-3)9-21-16/h4-6,8-10,18,24-25H,7H2,1-3H3,(H,23,26)/t18-/m0/s1. The van der Waals surface area contributed by atoms with E-state index in [0.717, 1.165) is 22.2 Å². The van der Waals surface area contributed by atoms with Gasteiger partial charge in [-0.05, 0) is 24.1 Å². The first-order chi connectivity index (χ1) is 12.9. The lowest BCUT2D eigenvalue weighted by Crippen LogP contribution is -2.37. The van der Waals surface area contributed by atoms with Crippen molar-refractivity contribution in [3.8, 4) is 17.1 Å². The number of halogens is 1. The van der Waals surface area contributed by atoms with Gasteiger partial charge in [0, 0.05) is 22.2 Å². The van der Waals surface area contributed by atoms with Crippen LogP contribution in [0.5, 0.6) is 5.88 Å². The van der Waals surface area contributed by atoms with Gasteiger partial charge in [0.15, 0.2) is 0 Å². The molecule has 0 aliphatic rings. The maximum absolute atomic E-state index is 11.9. The van der Waals surface area contributed by atoms with Crippen LogP contribution in [0.15, 0.2) is 30.6 Å². The molecule has 142 valence electrons. The molecule has 0 aliphatic carbocycles. The molecule has 27 heavy (non-hydrogen) atoms. The molecular weight excluding hydrogens is 368 g/mol. The van der Waals surface area contributed by atoms with Gasteiger partial charge in [-0.2, -0.15) is 0 Å². The highest BCUT2D eigenvalue weighted by atomic mass is 35.5. The van der Waals surface area contributed by atoms with Crippen LogP contribution in [0.4, 0.5) is 0 Å². The highest BCUT2D eigenvalue weighted by Crippen LogP contribution is 2.31. The summed E-state index contributed by atoms with van der Waals surface area (Å²) in [5.41, 5.74) is 3.04. The fourth-order valence-electron chi connectivity index (χ4n) is 2.65. The molecule has 0 spiro atoms. The zero-order valence-corrected chi connectivity index (χ0v) is 16.0. The van der Waals surface area contributed by atoms with Crippen LogP contribution in [0.2, 0.25) is 5.02 Å². The Morgan fingerprint density at radius 3 is 2.70 bits per heavy atom. The van der Waals surface area contributed by atoms with Gasteiger partial charge in [-0.3, -0.25) is 4.79 Å². The average molecular weight is 389 g/mol. The van der Waals surface area contributed by atoms with E-state index in [-0.39, 0.29) is 12.5 Å². The Balaban J connectivity index is 1.82. The fraction of sp³-hybridized carbons (Fsp3) is 0.316. The normalized spacial score (nSPS) is 12.4. The molecule has 2 aromatic heterocycles. The maximum Gasteiger partial charge on any atom is 0.249 e. The molecule has 8 heteroatoms. The summed E-state index contributed by atoms with van der Waals surface area (Å²) in [5.74, 6) is -0.104.